The van der Waals surface area contributed by atoms with Crippen LogP contribution in [-0.4, -0.2) is 21.5 Å². The molecule has 0 amide bonds. The summed E-state index contributed by atoms with van der Waals surface area (Å²) in [7, 11) is -3.42. The lowest BCUT2D eigenvalue weighted by atomic mass is 10.0. The van der Waals surface area contributed by atoms with Crippen LogP contribution in [0.25, 0.3) is 0 Å². The Kier molecular flexibility index (Phi) is 6.06. The molecular formula is C16H26N2O2S. The quantitative estimate of drug-likeness (QED) is 0.724. The Morgan fingerprint density at radius 2 is 1.90 bits per heavy atom. The van der Waals surface area contributed by atoms with Crippen LogP contribution in [0, 0.1) is 5.92 Å². The maximum atomic E-state index is 12.4. The van der Waals surface area contributed by atoms with Crippen LogP contribution in [0.15, 0.2) is 29.2 Å². The molecule has 2 rings (SSSR count). The Labute approximate surface area is 128 Å². The van der Waals surface area contributed by atoms with Gasteiger partial charge in [-0.15, -0.1) is 0 Å². The van der Waals surface area contributed by atoms with E-state index < -0.39 is 10.0 Å². The highest BCUT2D eigenvalue weighted by Crippen LogP contribution is 2.28. The molecule has 2 N–H and O–H groups in total. The lowest BCUT2D eigenvalue weighted by molar-refractivity contribution is 0.480. The molecule has 5 heteroatoms. The van der Waals surface area contributed by atoms with E-state index in [0.717, 1.165) is 18.8 Å². The first-order valence-corrected chi connectivity index (χ1v) is 9.44. The SMILES string of the molecule is CCNc1ccccc1S(=O)(=O)NCCCC1CCCC1. The Morgan fingerprint density at radius 1 is 1.19 bits per heavy atom. The second-order valence-electron chi connectivity index (χ2n) is 5.72. The average Bonchev–Trinajstić information content (AvgIpc) is 2.98. The van der Waals surface area contributed by atoms with Gasteiger partial charge in [0.25, 0.3) is 0 Å². The third kappa shape index (κ3) is 4.71. The lowest BCUT2D eigenvalue weighted by Crippen LogP contribution is -2.26. The fourth-order valence-corrected chi connectivity index (χ4v) is 4.27. The van der Waals surface area contributed by atoms with E-state index in [1.54, 1.807) is 18.2 Å². The largest absolute Gasteiger partial charge is 0.384 e. The van der Waals surface area contributed by atoms with E-state index in [1.165, 1.54) is 25.7 Å². The summed E-state index contributed by atoms with van der Waals surface area (Å²) in [5.74, 6) is 0.809. The van der Waals surface area contributed by atoms with E-state index in [9.17, 15) is 8.42 Å². The third-order valence-electron chi connectivity index (χ3n) is 4.10. The zero-order valence-electron chi connectivity index (χ0n) is 12.8. The van der Waals surface area contributed by atoms with Gasteiger partial charge in [0.2, 0.25) is 10.0 Å². The molecule has 0 aromatic heterocycles. The molecule has 0 unspecified atom stereocenters. The van der Waals surface area contributed by atoms with Gasteiger partial charge in [0, 0.05) is 13.1 Å². The second-order valence-corrected chi connectivity index (χ2v) is 7.45. The van der Waals surface area contributed by atoms with E-state index in [4.69, 9.17) is 0 Å². The number of rotatable bonds is 8. The molecule has 1 fully saturated rings. The highest BCUT2D eigenvalue weighted by atomic mass is 32.2. The lowest BCUT2D eigenvalue weighted by Gasteiger charge is -2.13. The molecule has 4 nitrogen and oxygen atoms in total. The Bertz CT molecular complexity index is 537. The molecular weight excluding hydrogens is 284 g/mol. The molecule has 0 aliphatic heterocycles. The molecule has 1 aliphatic rings. The molecule has 0 saturated heterocycles. The van der Waals surface area contributed by atoms with E-state index in [2.05, 4.69) is 10.0 Å². The van der Waals surface area contributed by atoms with E-state index in [0.29, 0.717) is 23.7 Å². The number of hydrogen-bond donors (Lipinski definition) is 2. The minimum Gasteiger partial charge on any atom is -0.384 e. The van der Waals surface area contributed by atoms with Gasteiger partial charge in [-0.3, -0.25) is 0 Å². The van der Waals surface area contributed by atoms with Crippen molar-refractivity contribution in [2.24, 2.45) is 5.92 Å². The predicted molar refractivity (Wildman–Crippen MR) is 87.0 cm³/mol. The number of nitrogens with one attached hydrogen (secondary N) is 2. The van der Waals surface area contributed by atoms with E-state index in [-0.39, 0.29) is 0 Å². The summed E-state index contributed by atoms with van der Waals surface area (Å²) in [6.45, 7) is 3.19. The van der Waals surface area contributed by atoms with Gasteiger partial charge in [-0.1, -0.05) is 37.8 Å². The zero-order valence-corrected chi connectivity index (χ0v) is 13.6. The maximum absolute atomic E-state index is 12.4. The molecule has 118 valence electrons. The van der Waals surface area contributed by atoms with Crippen molar-refractivity contribution in [3.63, 3.8) is 0 Å². The molecule has 1 aromatic rings. The molecule has 0 atom stereocenters. The van der Waals surface area contributed by atoms with Crippen molar-refractivity contribution in [3.05, 3.63) is 24.3 Å². The monoisotopic (exact) mass is 310 g/mol. The van der Waals surface area contributed by atoms with Gasteiger partial charge in [-0.25, -0.2) is 13.1 Å². The van der Waals surface area contributed by atoms with Crippen molar-refractivity contribution in [2.45, 2.75) is 50.3 Å². The van der Waals surface area contributed by atoms with Crippen molar-refractivity contribution in [3.8, 4) is 0 Å². The fourth-order valence-electron chi connectivity index (χ4n) is 3.01. The highest BCUT2D eigenvalue weighted by Gasteiger charge is 2.18. The third-order valence-corrected chi connectivity index (χ3v) is 5.62. The molecule has 0 radical (unpaired) electrons. The molecule has 0 spiro atoms. The van der Waals surface area contributed by atoms with Gasteiger partial charge < -0.3 is 5.32 Å². The van der Waals surface area contributed by atoms with Crippen LogP contribution in [0.1, 0.15) is 45.4 Å². The fraction of sp³-hybridized carbons (Fsp3) is 0.625. The van der Waals surface area contributed by atoms with E-state index >= 15 is 0 Å². The van der Waals surface area contributed by atoms with Crippen molar-refractivity contribution in [2.75, 3.05) is 18.4 Å². The normalized spacial score (nSPS) is 16.2. The van der Waals surface area contributed by atoms with Crippen LogP contribution < -0.4 is 10.0 Å². The molecule has 0 bridgehead atoms. The van der Waals surface area contributed by atoms with Gasteiger partial charge >= 0.3 is 0 Å². The van der Waals surface area contributed by atoms with Crippen molar-refractivity contribution in [1.82, 2.24) is 4.72 Å². The molecule has 1 aliphatic carbocycles. The summed E-state index contributed by atoms with van der Waals surface area (Å²) in [6, 6.07) is 7.05. The number of benzene rings is 1. The summed E-state index contributed by atoms with van der Waals surface area (Å²) >= 11 is 0. The molecule has 1 saturated carbocycles. The topological polar surface area (TPSA) is 58.2 Å². The molecule has 0 heterocycles. The summed E-state index contributed by atoms with van der Waals surface area (Å²) in [5, 5.41) is 3.10. The van der Waals surface area contributed by atoms with Gasteiger partial charge in [-0.05, 0) is 37.8 Å². The van der Waals surface area contributed by atoms with Crippen molar-refractivity contribution in [1.29, 1.82) is 0 Å². The summed E-state index contributed by atoms with van der Waals surface area (Å²) in [4.78, 5) is 0.340. The van der Waals surface area contributed by atoms with Gasteiger partial charge in [0.15, 0.2) is 0 Å². The van der Waals surface area contributed by atoms with Crippen LogP contribution in [0.3, 0.4) is 0 Å². The first-order valence-electron chi connectivity index (χ1n) is 7.96. The minimum atomic E-state index is -3.42. The number of para-hydroxylation sites is 1. The highest BCUT2D eigenvalue weighted by molar-refractivity contribution is 7.89. The Hall–Kier alpha value is -1.07. The van der Waals surface area contributed by atoms with Crippen molar-refractivity contribution < 1.29 is 8.42 Å². The first kappa shape index (κ1) is 16.3. The van der Waals surface area contributed by atoms with Crippen LogP contribution in [0.4, 0.5) is 5.69 Å². The van der Waals surface area contributed by atoms with Gasteiger partial charge in [0.1, 0.15) is 4.90 Å². The molecule has 1 aromatic carbocycles. The Morgan fingerprint density at radius 3 is 2.62 bits per heavy atom. The van der Waals surface area contributed by atoms with Crippen LogP contribution in [0.5, 0.6) is 0 Å². The number of sulfonamides is 1. The van der Waals surface area contributed by atoms with Gasteiger partial charge in [0.05, 0.1) is 5.69 Å². The predicted octanol–water partition coefficient (Wildman–Crippen LogP) is 3.37. The van der Waals surface area contributed by atoms with Gasteiger partial charge in [-0.2, -0.15) is 0 Å². The summed E-state index contributed by atoms with van der Waals surface area (Å²) in [5.41, 5.74) is 0.670. The second kappa shape index (κ2) is 7.80. The first-order chi connectivity index (χ1) is 10.1. The standard InChI is InChI=1S/C16H26N2O2S/c1-2-17-15-11-5-6-12-16(15)21(19,20)18-13-7-10-14-8-3-4-9-14/h5-6,11-12,14,17-18H,2-4,7-10,13H2,1H3. The zero-order chi connectivity index (χ0) is 15.1. The summed E-state index contributed by atoms with van der Waals surface area (Å²) in [6.07, 6.45) is 7.37. The van der Waals surface area contributed by atoms with Crippen LogP contribution >= 0.6 is 0 Å². The smallest absolute Gasteiger partial charge is 0.242 e. The van der Waals surface area contributed by atoms with E-state index in [1.807, 2.05) is 13.0 Å². The average molecular weight is 310 g/mol. The maximum Gasteiger partial charge on any atom is 0.242 e. The van der Waals surface area contributed by atoms with Crippen LogP contribution in [-0.2, 0) is 10.0 Å². The summed E-state index contributed by atoms with van der Waals surface area (Å²) < 4.78 is 27.5. The Balaban J connectivity index is 1.88. The molecule has 21 heavy (non-hydrogen) atoms. The number of anilines is 1. The minimum absolute atomic E-state index is 0.340. The van der Waals surface area contributed by atoms with Crippen molar-refractivity contribution >= 4 is 15.7 Å². The number of hydrogen-bond acceptors (Lipinski definition) is 3. The van der Waals surface area contributed by atoms with Crippen LogP contribution in [0.2, 0.25) is 0 Å².